The first-order valence-electron chi connectivity index (χ1n) is 5.14. The maximum absolute atomic E-state index is 3.53. The molecule has 1 heterocycles. The third-order valence-electron chi connectivity index (χ3n) is 2.93. The van der Waals surface area contributed by atoms with Crippen LogP contribution in [0, 0.1) is 0 Å². The van der Waals surface area contributed by atoms with Gasteiger partial charge in [-0.05, 0) is 31.2 Å². The highest BCUT2D eigenvalue weighted by molar-refractivity contribution is 5.85. The van der Waals surface area contributed by atoms with Crippen LogP contribution in [0.1, 0.15) is 31.2 Å². The van der Waals surface area contributed by atoms with Gasteiger partial charge in [0.2, 0.25) is 0 Å². The smallest absolute Gasteiger partial charge is 0.00391 e. The fourth-order valence-corrected chi connectivity index (χ4v) is 2.01. The fraction of sp³-hybridized carbons (Fsp3) is 0.500. The van der Waals surface area contributed by atoms with Crippen LogP contribution in [0.15, 0.2) is 30.3 Å². The molecule has 1 aromatic rings. The number of hydrogen-bond acceptors (Lipinski definition) is 1. The van der Waals surface area contributed by atoms with E-state index < -0.39 is 0 Å². The summed E-state index contributed by atoms with van der Waals surface area (Å²) in [5.74, 6) is 0.734. The molecule has 2 heteroatoms. The highest BCUT2D eigenvalue weighted by Gasteiger charge is 2.18. The number of rotatable bonds is 1. The van der Waals surface area contributed by atoms with Crippen molar-refractivity contribution in [2.24, 2.45) is 0 Å². The Bertz CT molecular complexity index is 252. The van der Waals surface area contributed by atoms with Crippen LogP contribution < -0.4 is 5.32 Å². The highest BCUT2D eigenvalue weighted by atomic mass is 35.5. The minimum atomic E-state index is 0. The summed E-state index contributed by atoms with van der Waals surface area (Å²) in [6.45, 7) is 3.41. The molecule has 1 nitrogen and oxygen atoms in total. The van der Waals surface area contributed by atoms with Crippen molar-refractivity contribution >= 4 is 12.4 Å². The van der Waals surface area contributed by atoms with Gasteiger partial charge in [0.05, 0.1) is 0 Å². The van der Waals surface area contributed by atoms with Crippen LogP contribution in [0.5, 0.6) is 0 Å². The minimum absolute atomic E-state index is 0. The summed E-state index contributed by atoms with van der Waals surface area (Å²) in [6, 6.07) is 11.5. The molecule has 2 unspecified atom stereocenters. The minimum Gasteiger partial charge on any atom is -0.314 e. The lowest BCUT2D eigenvalue weighted by Gasteiger charge is -2.27. The molecule has 1 saturated heterocycles. The number of halogens is 1. The zero-order chi connectivity index (χ0) is 9.10. The summed E-state index contributed by atoms with van der Waals surface area (Å²) < 4.78 is 0. The zero-order valence-corrected chi connectivity index (χ0v) is 9.39. The van der Waals surface area contributed by atoms with Gasteiger partial charge in [-0.3, -0.25) is 0 Å². The van der Waals surface area contributed by atoms with E-state index in [0.29, 0.717) is 6.04 Å². The van der Waals surface area contributed by atoms with Crippen molar-refractivity contribution in [1.29, 1.82) is 0 Å². The fourth-order valence-electron chi connectivity index (χ4n) is 2.01. The Kier molecular flexibility index (Phi) is 4.43. The summed E-state index contributed by atoms with van der Waals surface area (Å²) in [7, 11) is 0. The van der Waals surface area contributed by atoms with Gasteiger partial charge < -0.3 is 5.32 Å². The SMILES string of the molecule is CC1CCC(c2ccccc2)CN1.Cl. The summed E-state index contributed by atoms with van der Waals surface area (Å²) in [4.78, 5) is 0. The second-order valence-electron chi connectivity index (χ2n) is 3.99. The van der Waals surface area contributed by atoms with E-state index in [4.69, 9.17) is 0 Å². The van der Waals surface area contributed by atoms with E-state index >= 15 is 0 Å². The van der Waals surface area contributed by atoms with Crippen molar-refractivity contribution in [2.75, 3.05) is 6.54 Å². The van der Waals surface area contributed by atoms with E-state index in [9.17, 15) is 0 Å². The molecular weight excluding hydrogens is 194 g/mol. The Morgan fingerprint density at radius 1 is 1.14 bits per heavy atom. The average Bonchev–Trinajstić information content (AvgIpc) is 2.20. The normalized spacial score (nSPS) is 26.6. The van der Waals surface area contributed by atoms with Gasteiger partial charge in [0.25, 0.3) is 0 Å². The molecule has 1 aromatic carbocycles. The van der Waals surface area contributed by atoms with Crippen LogP contribution in [0.2, 0.25) is 0 Å². The lowest BCUT2D eigenvalue weighted by Crippen LogP contribution is -2.35. The first-order chi connectivity index (χ1) is 6.36. The molecule has 0 spiro atoms. The molecule has 0 radical (unpaired) electrons. The third kappa shape index (κ3) is 2.73. The number of benzene rings is 1. The predicted octanol–water partition coefficient (Wildman–Crippen LogP) is 2.96. The maximum Gasteiger partial charge on any atom is 0.00391 e. The van der Waals surface area contributed by atoms with Crippen molar-refractivity contribution in [1.82, 2.24) is 5.32 Å². The predicted molar refractivity (Wildman–Crippen MR) is 63.1 cm³/mol. The quantitative estimate of drug-likeness (QED) is 0.753. The molecule has 1 fully saturated rings. The van der Waals surface area contributed by atoms with Gasteiger partial charge in [0.1, 0.15) is 0 Å². The van der Waals surface area contributed by atoms with Crippen molar-refractivity contribution in [2.45, 2.75) is 31.7 Å². The van der Waals surface area contributed by atoms with Crippen LogP contribution in [0.4, 0.5) is 0 Å². The third-order valence-corrected chi connectivity index (χ3v) is 2.93. The second kappa shape index (κ2) is 5.38. The van der Waals surface area contributed by atoms with Crippen molar-refractivity contribution in [3.8, 4) is 0 Å². The zero-order valence-electron chi connectivity index (χ0n) is 8.57. The molecule has 78 valence electrons. The van der Waals surface area contributed by atoms with Gasteiger partial charge in [-0.1, -0.05) is 30.3 Å². The summed E-state index contributed by atoms with van der Waals surface area (Å²) in [5.41, 5.74) is 1.49. The van der Waals surface area contributed by atoms with E-state index in [2.05, 4.69) is 42.6 Å². The van der Waals surface area contributed by atoms with Gasteiger partial charge in [0.15, 0.2) is 0 Å². The van der Waals surface area contributed by atoms with Crippen molar-refractivity contribution in [3.05, 3.63) is 35.9 Å². The lowest BCUT2D eigenvalue weighted by atomic mass is 9.89. The molecule has 0 bridgehead atoms. The molecule has 0 aromatic heterocycles. The lowest BCUT2D eigenvalue weighted by molar-refractivity contribution is 0.385. The largest absolute Gasteiger partial charge is 0.314 e. The molecule has 1 aliphatic rings. The first-order valence-corrected chi connectivity index (χ1v) is 5.14. The van der Waals surface area contributed by atoms with E-state index in [1.54, 1.807) is 0 Å². The van der Waals surface area contributed by atoms with Crippen molar-refractivity contribution in [3.63, 3.8) is 0 Å². The van der Waals surface area contributed by atoms with Crippen LogP contribution in [0.25, 0.3) is 0 Å². The molecule has 2 rings (SSSR count). The highest BCUT2D eigenvalue weighted by Crippen LogP contribution is 2.24. The Labute approximate surface area is 92.3 Å². The monoisotopic (exact) mass is 211 g/mol. The molecule has 2 atom stereocenters. The number of nitrogens with one attached hydrogen (secondary N) is 1. The van der Waals surface area contributed by atoms with Crippen LogP contribution >= 0.6 is 12.4 Å². The van der Waals surface area contributed by atoms with Crippen molar-refractivity contribution < 1.29 is 0 Å². The Morgan fingerprint density at radius 3 is 2.43 bits per heavy atom. The van der Waals surface area contributed by atoms with E-state index in [1.807, 2.05) is 0 Å². The Hall–Kier alpha value is -0.530. The van der Waals surface area contributed by atoms with E-state index in [1.165, 1.54) is 18.4 Å². The van der Waals surface area contributed by atoms with E-state index in [0.717, 1.165) is 12.5 Å². The van der Waals surface area contributed by atoms with Gasteiger partial charge in [-0.15, -0.1) is 12.4 Å². The van der Waals surface area contributed by atoms with E-state index in [-0.39, 0.29) is 12.4 Å². The molecule has 14 heavy (non-hydrogen) atoms. The maximum atomic E-state index is 3.53. The second-order valence-corrected chi connectivity index (χ2v) is 3.99. The first kappa shape index (κ1) is 11.5. The van der Waals surface area contributed by atoms with Crippen LogP contribution in [-0.2, 0) is 0 Å². The Balaban J connectivity index is 0.000000980. The molecule has 1 N–H and O–H groups in total. The van der Waals surface area contributed by atoms with Gasteiger partial charge in [-0.25, -0.2) is 0 Å². The summed E-state index contributed by atoms with van der Waals surface area (Å²) in [5, 5.41) is 3.53. The Morgan fingerprint density at radius 2 is 1.86 bits per heavy atom. The standard InChI is InChI=1S/C12H17N.ClH/c1-10-7-8-12(9-13-10)11-5-3-2-4-6-11;/h2-6,10,12-13H,7-9H2,1H3;1H. The van der Waals surface area contributed by atoms with Crippen LogP contribution in [0.3, 0.4) is 0 Å². The van der Waals surface area contributed by atoms with Crippen LogP contribution in [-0.4, -0.2) is 12.6 Å². The summed E-state index contributed by atoms with van der Waals surface area (Å²) in [6.07, 6.45) is 2.64. The summed E-state index contributed by atoms with van der Waals surface area (Å²) >= 11 is 0. The molecule has 0 aliphatic carbocycles. The average molecular weight is 212 g/mol. The molecule has 1 aliphatic heterocycles. The number of piperidine rings is 1. The van der Waals surface area contributed by atoms with Gasteiger partial charge >= 0.3 is 0 Å². The van der Waals surface area contributed by atoms with Gasteiger partial charge in [0, 0.05) is 12.6 Å². The topological polar surface area (TPSA) is 12.0 Å². The molecule has 0 saturated carbocycles. The molecule has 0 amide bonds. The molecular formula is C12H18ClN. The van der Waals surface area contributed by atoms with Gasteiger partial charge in [-0.2, -0.15) is 0 Å². The number of hydrogen-bond donors (Lipinski definition) is 1.